The lowest BCUT2D eigenvalue weighted by Gasteiger charge is -2.06. The summed E-state index contributed by atoms with van der Waals surface area (Å²) in [5, 5.41) is 0.325. The van der Waals surface area contributed by atoms with Crippen LogP contribution >= 0.6 is 11.6 Å². The van der Waals surface area contributed by atoms with Crippen LogP contribution in [0.25, 0.3) is 0 Å². The summed E-state index contributed by atoms with van der Waals surface area (Å²) in [7, 11) is 0. The third-order valence-corrected chi connectivity index (χ3v) is 3.08. The topological polar surface area (TPSA) is 39.2 Å². The van der Waals surface area contributed by atoms with Crippen LogP contribution in [0.1, 0.15) is 61.5 Å². The Labute approximate surface area is 120 Å². The van der Waals surface area contributed by atoms with Gasteiger partial charge in [-0.15, -0.1) is 0 Å². The monoisotopic (exact) mass is 283 g/mol. The largest absolute Gasteiger partial charge is 0.462 e. The molecule has 1 rings (SSSR count). The molecule has 0 bridgehead atoms. The van der Waals surface area contributed by atoms with Crippen molar-refractivity contribution in [3.05, 3.63) is 28.5 Å². The van der Waals surface area contributed by atoms with Crippen LogP contribution in [-0.2, 0) is 4.74 Å². The normalized spacial score (nSPS) is 10.5. The summed E-state index contributed by atoms with van der Waals surface area (Å²) in [5.74, 6) is -0.319. The second-order valence-electron chi connectivity index (χ2n) is 4.72. The Morgan fingerprint density at radius 3 is 2.58 bits per heavy atom. The van der Waals surface area contributed by atoms with Crippen molar-refractivity contribution < 1.29 is 9.53 Å². The van der Waals surface area contributed by atoms with E-state index in [2.05, 4.69) is 11.9 Å². The number of aromatic nitrogens is 1. The summed E-state index contributed by atoms with van der Waals surface area (Å²) in [4.78, 5) is 15.8. The van der Waals surface area contributed by atoms with Crippen molar-refractivity contribution in [1.29, 1.82) is 0 Å². The highest BCUT2D eigenvalue weighted by atomic mass is 35.5. The van der Waals surface area contributed by atoms with Gasteiger partial charge in [0, 0.05) is 5.69 Å². The van der Waals surface area contributed by atoms with Crippen molar-refractivity contribution >= 4 is 17.6 Å². The Morgan fingerprint density at radius 2 is 1.89 bits per heavy atom. The van der Waals surface area contributed by atoms with Gasteiger partial charge in [0.25, 0.3) is 0 Å². The molecule has 0 amide bonds. The Morgan fingerprint density at radius 1 is 1.21 bits per heavy atom. The second-order valence-corrected chi connectivity index (χ2v) is 5.11. The van der Waals surface area contributed by atoms with Gasteiger partial charge in [-0.3, -0.25) is 0 Å². The van der Waals surface area contributed by atoms with Gasteiger partial charge in [-0.25, -0.2) is 9.78 Å². The molecule has 0 aliphatic rings. The number of halogens is 1. The Balaban J connectivity index is 2.24. The quantitative estimate of drug-likeness (QED) is 0.399. The van der Waals surface area contributed by atoms with Crippen LogP contribution in [0.5, 0.6) is 0 Å². The maximum atomic E-state index is 11.8. The van der Waals surface area contributed by atoms with Gasteiger partial charge < -0.3 is 4.74 Å². The van der Waals surface area contributed by atoms with E-state index in [0.29, 0.717) is 17.3 Å². The SMILES string of the molecule is CCCCCCCCOC(=O)c1cc(C)nc(Cl)c1. The van der Waals surface area contributed by atoms with E-state index < -0.39 is 0 Å². The van der Waals surface area contributed by atoms with Crippen molar-refractivity contribution in [2.24, 2.45) is 0 Å². The Bertz CT molecular complexity index is 387. The van der Waals surface area contributed by atoms with E-state index >= 15 is 0 Å². The molecule has 0 unspecified atom stereocenters. The van der Waals surface area contributed by atoms with E-state index in [1.54, 1.807) is 13.0 Å². The molecule has 19 heavy (non-hydrogen) atoms. The van der Waals surface area contributed by atoms with Crippen molar-refractivity contribution in [1.82, 2.24) is 4.98 Å². The lowest BCUT2D eigenvalue weighted by atomic mass is 10.1. The minimum Gasteiger partial charge on any atom is -0.462 e. The van der Waals surface area contributed by atoms with E-state index in [1.165, 1.54) is 31.7 Å². The molecular formula is C15H22ClNO2. The van der Waals surface area contributed by atoms with Crippen LogP contribution in [-0.4, -0.2) is 17.6 Å². The highest BCUT2D eigenvalue weighted by Crippen LogP contribution is 2.12. The van der Waals surface area contributed by atoms with Gasteiger partial charge in [0.15, 0.2) is 0 Å². The van der Waals surface area contributed by atoms with Crippen LogP contribution < -0.4 is 0 Å². The fourth-order valence-electron chi connectivity index (χ4n) is 1.88. The fourth-order valence-corrected chi connectivity index (χ4v) is 2.13. The average molecular weight is 284 g/mol. The highest BCUT2D eigenvalue weighted by molar-refractivity contribution is 6.29. The molecule has 0 atom stereocenters. The minimum absolute atomic E-state index is 0.319. The third-order valence-electron chi connectivity index (χ3n) is 2.89. The fraction of sp³-hybridized carbons (Fsp3) is 0.600. The first-order chi connectivity index (χ1) is 9.13. The maximum absolute atomic E-state index is 11.8. The lowest BCUT2D eigenvalue weighted by Crippen LogP contribution is -2.07. The second kappa shape index (κ2) is 8.92. The molecule has 1 heterocycles. The number of carbonyl (C=O) groups is 1. The number of hydrogen-bond acceptors (Lipinski definition) is 3. The van der Waals surface area contributed by atoms with E-state index in [9.17, 15) is 4.79 Å². The molecule has 106 valence electrons. The number of esters is 1. The third kappa shape index (κ3) is 6.58. The van der Waals surface area contributed by atoms with E-state index in [-0.39, 0.29) is 5.97 Å². The van der Waals surface area contributed by atoms with Gasteiger partial charge in [-0.1, -0.05) is 50.6 Å². The van der Waals surface area contributed by atoms with Crippen LogP contribution in [0.4, 0.5) is 0 Å². The summed E-state index contributed by atoms with van der Waals surface area (Å²) >= 11 is 5.81. The van der Waals surface area contributed by atoms with E-state index in [1.807, 2.05) is 0 Å². The Hall–Kier alpha value is -1.09. The van der Waals surface area contributed by atoms with E-state index in [0.717, 1.165) is 18.5 Å². The van der Waals surface area contributed by atoms with Gasteiger partial charge in [0.1, 0.15) is 5.15 Å². The first-order valence-corrected chi connectivity index (χ1v) is 7.32. The predicted molar refractivity (Wildman–Crippen MR) is 77.6 cm³/mol. The minimum atomic E-state index is -0.319. The maximum Gasteiger partial charge on any atom is 0.338 e. The number of unbranched alkanes of at least 4 members (excludes halogenated alkanes) is 5. The molecule has 1 aromatic heterocycles. The summed E-state index contributed by atoms with van der Waals surface area (Å²) < 4.78 is 5.22. The summed E-state index contributed by atoms with van der Waals surface area (Å²) in [6.45, 7) is 4.48. The molecule has 0 aromatic carbocycles. The standard InChI is InChI=1S/C15H22ClNO2/c1-3-4-5-6-7-8-9-19-15(18)13-10-12(2)17-14(16)11-13/h10-11H,3-9H2,1-2H3. The number of aryl methyl sites for hydroxylation is 1. The molecular weight excluding hydrogens is 262 g/mol. The molecule has 0 fully saturated rings. The summed E-state index contributed by atoms with van der Waals surface area (Å²) in [6.07, 6.45) is 7.05. The van der Waals surface area contributed by atoms with Crippen LogP contribution in [0, 0.1) is 6.92 Å². The first kappa shape index (κ1) is 16.0. The molecule has 0 saturated heterocycles. The first-order valence-electron chi connectivity index (χ1n) is 6.94. The molecule has 0 aliphatic carbocycles. The van der Waals surface area contributed by atoms with Crippen molar-refractivity contribution in [2.75, 3.05) is 6.61 Å². The molecule has 1 aromatic rings. The zero-order chi connectivity index (χ0) is 14.1. The molecule has 4 heteroatoms. The summed E-state index contributed by atoms with van der Waals surface area (Å²) in [5.41, 5.74) is 1.20. The molecule has 0 radical (unpaired) electrons. The predicted octanol–water partition coefficient (Wildman–Crippen LogP) is 4.56. The molecule has 0 aliphatic heterocycles. The van der Waals surface area contributed by atoms with Crippen molar-refractivity contribution in [2.45, 2.75) is 52.4 Å². The number of nitrogens with zero attached hydrogens (tertiary/aromatic N) is 1. The van der Waals surface area contributed by atoms with Gasteiger partial charge in [-0.05, 0) is 25.5 Å². The summed E-state index contributed by atoms with van der Waals surface area (Å²) in [6, 6.07) is 3.23. The van der Waals surface area contributed by atoms with Gasteiger partial charge in [-0.2, -0.15) is 0 Å². The smallest absolute Gasteiger partial charge is 0.338 e. The number of hydrogen-bond donors (Lipinski definition) is 0. The molecule has 0 N–H and O–H groups in total. The van der Waals surface area contributed by atoms with Crippen LogP contribution in [0.3, 0.4) is 0 Å². The van der Waals surface area contributed by atoms with Crippen molar-refractivity contribution in [3.8, 4) is 0 Å². The van der Waals surface area contributed by atoms with Crippen LogP contribution in [0.2, 0.25) is 5.15 Å². The number of pyridine rings is 1. The number of rotatable bonds is 8. The zero-order valence-electron chi connectivity index (χ0n) is 11.7. The van der Waals surface area contributed by atoms with Gasteiger partial charge >= 0.3 is 5.97 Å². The average Bonchev–Trinajstić information content (AvgIpc) is 2.36. The zero-order valence-corrected chi connectivity index (χ0v) is 12.5. The Kier molecular flexibility index (Phi) is 7.49. The van der Waals surface area contributed by atoms with E-state index in [4.69, 9.17) is 16.3 Å². The lowest BCUT2D eigenvalue weighted by molar-refractivity contribution is 0.0497. The number of ether oxygens (including phenoxy) is 1. The molecule has 0 spiro atoms. The van der Waals surface area contributed by atoms with Crippen molar-refractivity contribution in [3.63, 3.8) is 0 Å². The van der Waals surface area contributed by atoms with Gasteiger partial charge in [0.05, 0.1) is 12.2 Å². The van der Waals surface area contributed by atoms with Crippen LogP contribution in [0.15, 0.2) is 12.1 Å². The highest BCUT2D eigenvalue weighted by Gasteiger charge is 2.09. The van der Waals surface area contributed by atoms with Gasteiger partial charge in [0.2, 0.25) is 0 Å². The molecule has 0 saturated carbocycles. The number of carbonyl (C=O) groups excluding carboxylic acids is 1. The molecule has 3 nitrogen and oxygen atoms in total.